The van der Waals surface area contributed by atoms with Gasteiger partial charge in [0.05, 0.1) is 0 Å². The molecular formula is C11H10Cl2. The molecule has 0 saturated carbocycles. The Labute approximate surface area is 88.9 Å². The molecule has 2 heteroatoms. The smallest absolute Gasteiger partial charge is 0.0421 e. The van der Waals surface area contributed by atoms with E-state index in [4.69, 9.17) is 23.2 Å². The first-order chi connectivity index (χ1) is 6.22. The van der Waals surface area contributed by atoms with Gasteiger partial charge in [0.1, 0.15) is 0 Å². The van der Waals surface area contributed by atoms with Crippen LogP contribution in [0.25, 0.3) is 0 Å². The number of alkyl halides is 1. The summed E-state index contributed by atoms with van der Waals surface area (Å²) in [4.78, 5) is 0. The molecule has 0 unspecified atom stereocenters. The van der Waals surface area contributed by atoms with Crippen molar-refractivity contribution in [1.82, 2.24) is 0 Å². The Bertz CT molecular complexity index is 325. The SMILES string of the molecule is Cc1cc(Cl)cc(C#CCCCl)c1. The molecule has 1 rings (SSSR count). The van der Waals surface area contributed by atoms with Gasteiger partial charge in [-0.25, -0.2) is 0 Å². The highest BCUT2D eigenvalue weighted by atomic mass is 35.5. The van der Waals surface area contributed by atoms with Gasteiger partial charge in [-0.1, -0.05) is 23.4 Å². The van der Waals surface area contributed by atoms with Crippen molar-refractivity contribution in [3.05, 3.63) is 34.3 Å². The zero-order chi connectivity index (χ0) is 9.68. The van der Waals surface area contributed by atoms with E-state index in [1.807, 2.05) is 25.1 Å². The fourth-order valence-electron chi connectivity index (χ4n) is 1.02. The van der Waals surface area contributed by atoms with Gasteiger partial charge in [0, 0.05) is 22.9 Å². The quantitative estimate of drug-likeness (QED) is 0.493. The topological polar surface area (TPSA) is 0 Å². The van der Waals surface area contributed by atoms with Crippen LogP contribution in [0.1, 0.15) is 17.5 Å². The molecule has 1 aromatic carbocycles. The molecule has 68 valence electrons. The van der Waals surface area contributed by atoms with Gasteiger partial charge in [-0.2, -0.15) is 0 Å². The highest BCUT2D eigenvalue weighted by Crippen LogP contribution is 2.13. The second-order valence-corrected chi connectivity index (χ2v) is 3.57. The van der Waals surface area contributed by atoms with Gasteiger partial charge in [-0.3, -0.25) is 0 Å². The predicted molar refractivity (Wildman–Crippen MR) is 58.4 cm³/mol. The van der Waals surface area contributed by atoms with Crippen LogP contribution in [0.2, 0.25) is 5.02 Å². The summed E-state index contributed by atoms with van der Waals surface area (Å²) in [5.41, 5.74) is 2.08. The monoisotopic (exact) mass is 212 g/mol. The van der Waals surface area contributed by atoms with Crippen molar-refractivity contribution in [3.8, 4) is 11.8 Å². The molecule has 0 bridgehead atoms. The van der Waals surface area contributed by atoms with Gasteiger partial charge in [-0.15, -0.1) is 11.6 Å². The van der Waals surface area contributed by atoms with Gasteiger partial charge >= 0.3 is 0 Å². The maximum absolute atomic E-state index is 5.87. The molecule has 0 nitrogen and oxygen atoms in total. The van der Waals surface area contributed by atoms with Crippen molar-refractivity contribution < 1.29 is 0 Å². The van der Waals surface area contributed by atoms with Crippen LogP contribution < -0.4 is 0 Å². The van der Waals surface area contributed by atoms with Crippen molar-refractivity contribution in [2.75, 3.05) is 5.88 Å². The van der Waals surface area contributed by atoms with E-state index < -0.39 is 0 Å². The van der Waals surface area contributed by atoms with E-state index in [0.29, 0.717) is 12.3 Å². The van der Waals surface area contributed by atoms with Crippen LogP contribution in [0.15, 0.2) is 18.2 Å². The largest absolute Gasteiger partial charge is 0.126 e. The Balaban J connectivity index is 2.85. The molecule has 0 saturated heterocycles. The van der Waals surface area contributed by atoms with Crippen LogP contribution in [-0.4, -0.2) is 5.88 Å². The standard InChI is InChI=1S/C11H10Cl2/c1-9-6-10(4-2-3-5-12)8-11(13)7-9/h6-8H,3,5H2,1H3. The number of aryl methyl sites for hydroxylation is 1. The van der Waals surface area contributed by atoms with Crippen LogP contribution in [0.5, 0.6) is 0 Å². The average Bonchev–Trinajstić information content (AvgIpc) is 2.03. The molecule has 0 aliphatic heterocycles. The minimum Gasteiger partial charge on any atom is -0.126 e. The third kappa shape index (κ3) is 3.72. The lowest BCUT2D eigenvalue weighted by atomic mass is 10.1. The first-order valence-corrected chi connectivity index (χ1v) is 4.95. The fourth-order valence-corrected chi connectivity index (χ4v) is 1.40. The van der Waals surface area contributed by atoms with E-state index in [-0.39, 0.29) is 0 Å². The third-order valence-electron chi connectivity index (χ3n) is 1.49. The van der Waals surface area contributed by atoms with Crippen molar-refractivity contribution in [3.63, 3.8) is 0 Å². The molecule has 1 aromatic rings. The van der Waals surface area contributed by atoms with E-state index in [1.54, 1.807) is 0 Å². The number of halogens is 2. The zero-order valence-corrected chi connectivity index (χ0v) is 8.91. The molecule has 0 N–H and O–H groups in total. The molecule has 0 atom stereocenters. The molecule has 13 heavy (non-hydrogen) atoms. The maximum Gasteiger partial charge on any atom is 0.0421 e. The molecule has 0 spiro atoms. The summed E-state index contributed by atoms with van der Waals surface area (Å²) >= 11 is 11.4. The van der Waals surface area contributed by atoms with Crippen molar-refractivity contribution >= 4 is 23.2 Å². The summed E-state index contributed by atoms with van der Waals surface area (Å²) in [5.74, 6) is 6.55. The van der Waals surface area contributed by atoms with E-state index in [9.17, 15) is 0 Å². The number of benzene rings is 1. The number of rotatable bonds is 1. The normalized spacial score (nSPS) is 9.15. The second-order valence-electron chi connectivity index (χ2n) is 2.76. The predicted octanol–water partition coefficient (Wildman–Crippen LogP) is 3.63. The van der Waals surface area contributed by atoms with E-state index in [2.05, 4.69) is 11.8 Å². The summed E-state index contributed by atoms with van der Waals surface area (Å²) in [6.07, 6.45) is 0.715. The van der Waals surface area contributed by atoms with E-state index in [1.165, 1.54) is 0 Å². The summed E-state index contributed by atoms with van der Waals surface area (Å²) in [6.45, 7) is 2.00. The van der Waals surface area contributed by atoms with Crippen molar-refractivity contribution in [2.24, 2.45) is 0 Å². The van der Waals surface area contributed by atoms with Gasteiger partial charge in [0.2, 0.25) is 0 Å². The molecule has 0 fully saturated rings. The molecule has 0 aliphatic carbocycles. The summed E-state index contributed by atoms with van der Waals surface area (Å²) < 4.78 is 0. The van der Waals surface area contributed by atoms with Crippen LogP contribution in [0.3, 0.4) is 0 Å². The molecule has 0 radical (unpaired) electrons. The molecule has 0 aromatic heterocycles. The Morgan fingerprint density at radius 2 is 2.08 bits per heavy atom. The molecular weight excluding hydrogens is 203 g/mol. The average molecular weight is 213 g/mol. The summed E-state index contributed by atoms with van der Waals surface area (Å²) in [5, 5.41) is 0.732. The van der Waals surface area contributed by atoms with E-state index >= 15 is 0 Å². The van der Waals surface area contributed by atoms with Gasteiger partial charge in [0.25, 0.3) is 0 Å². The summed E-state index contributed by atoms with van der Waals surface area (Å²) in [7, 11) is 0. The zero-order valence-electron chi connectivity index (χ0n) is 7.40. The van der Waals surface area contributed by atoms with Crippen LogP contribution in [0, 0.1) is 18.8 Å². The fraction of sp³-hybridized carbons (Fsp3) is 0.273. The van der Waals surface area contributed by atoms with Gasteiger partial charge in [-0.05, 0) is 30.7 Å². The maximum atomic E-state index is 5.87. The highest BCUT2D eigenvalue weighted by Gasteiger charge is 1.92. The first kappa shape index (κ1) is 10.4. The van der Waals surface area contributed by atoms with Gasteiger partial charge < -0.3 is 0 Å². The third-order valence-corrected chi connectivity index (χ3v) is 1.90. The Hall–Kier alpha value is -0.640. The van der Waals surface area contributed by atoms with E-state index in [0.717, 1.165) is 16.1 Å². The van der Waals surface area contributed by atoms with Crippen molar-refractivity contribution in [1.29, 1.82) is 0 Å². The lowest BCUT2D eigenvalue weighted by molar-refractivity contribution is 1.29. The number of hydrogen-bond acceptors (Lipinski definition) is 0. The second kappa shape index (κ2) is 5.17. The van der Waals surface area contributed by atoms with Crippen LogP contribution in [0.4, 0.5) is 0 Å². The Kier molecular flexibility index (Phi) is 4.15. The van der Waals surface area contributed by atoms with Crippen LogP contribution >= 0.6 is 23.2 Å². The lowest BCUT2D eigenvalue weighted by Gasteiger charge is -1.95. The molecule has 0 heterocycles. The summed E-state index contributed by atoms with van der Waals surface area (Å²) in [6, 6.07) is 5.77. The minimum atomic E-state index is 0.576. The Morgan fingerprint density at radius 1 is 1.31 bits per heavy atom. The first-order valence-electron chi connectivity index (χ1n) is 4.04. The van der Waals surface area contributed by atoms with Crippen LogP contribution in [-0.2, 0) is 0 Å². The van der Waals surface area contributed by atoms with Gasteiger partial charge in [0.15, 0.2) is 0 Å². The Morgan fingerprint density at radius 3 is 2.69 bits per heavy atom. The number of hydrogen-bond donors (Lipinski definition) is 0. The minimum absolute atomic E-state index is 0.576. The highest BCUT2D eigenvalue weighted by molar-refractivity contribution is 6.30. The lowest BCUT2D eigenvalue weighted by Crippen LogP contribution is -1.78. The molecule has 0 aliphatic rings. The molecule has 0 amide bonds. The van der Waals surface area contributed by atoms with Crippen molar-refractivity contribution in [2.45, 2.75) is 13.3 Å².